The Morgan fingerprint density at radius 1 is 1.33 bits per heavy atom. The molecule has 2 rings (SSSR count). The molecule has 1 heterocycles. The maximum absolute atomic E-state index is 11.4. The summed E-state index contributed by atoms with van der Waals surface area (Å²) in [6, 6.07) is 6.65. The van der Waals surface area contributed by atoms with Gasteiger partial charge < -0.3 is 15.7 Å². The fourth-order valence-corrected chi connectivity index (χ4v) is 2.20. The van der Waals surface area contributed by atoms with Crippen LogP contribution in [0, 0.1) is 5.41 Å². The maximum atomic E-state index is 11.4. The smallest absolute Gasteiger partial charge is 0.335 e. The van der Waals surface area contributed by atoms with Crippen molar-refractivity contribution in [1.29, 1.82) is 0 Å². The van der Waals surface area contributed by atoms with Crippen LogP contribution in [-0.2, 0) is 4.79 Å². The van der Waals surface area contributed by atoms with E-state index < -0.39 is 11.4 Å². The van der Waals surface area contributed by atoms with Gasteiger partial charge in [-0.3, -0.25) is 4.79 Å². The van der Waals surface area contributed by atoms with Gasteiger partial charge in [0.25, 0.3) is 0 Å². The van der Waals surface area contributed by atoms with E-state index in [1.165, 1.54) is 0 Å². The van der Waals surface area contributed by atoms with Crippen LogP contribution in [0.5, 0.6) is 0 Å². The van der Waals surface area contributed by atoms with Gasteiger partial charge in [0, 0.05) is 18.8 Å². The molecule has 5 heteroatoms. The highest BCUT2D eigenvalue weighted by atomic mass is 16.4. The van der Waals surface area contributed by atoms with E-state index in [1.807, 2.05) is 6.92 Å². The molecule has 1 saturated heterocycles. The Balaban J connectivity index is 2.15. The zero-order valence-electron chi connectivity index (χ0n) is 10.2. The molecule has 1 amide bonds. The van der Waals surface area contributed by atoms with Crippen LogP contribution in [0.3, 0.4) is 0 Å². The fourth-order valence-electron chi connectivity index (χ4n) is 2.20. The molecule has 5 nitrogen and oxygen atoms in total. The normalized spacial score (nSPS) is 23.1. The molecular formula is C13H16N2O3. The highest BCUT2D eigenvalue weighted by Gasteiger charge is 2.38. The van der Waals surface area contributed by atoms with Crippen molar-refractivity contribution >= 4 is 17.6 Å². The lowest BCUT2D eigenvalue weighted by atomic mass is 9.89. The number of aromatic carboxylic acids is 1. The van der Waals surface area contributed by atoms with Crippen LogP contribution in [0.4, 0.5) is 5.69 Å². The molecule has 0 spiro atoms. The molecular weight excluding hydrogens is 232 g/mol. The van der Waals surface area contributed by atoms with E-state index in [1.54, 1.807) is 24.3 Å². The number of amides is 1. The van der Waals surface area contributed by atoms with Crippen molar-refractivity contribution in [1.82, 2.24) is 0 Å². The molecule has 18 heavy (non-hydrogen) atoms. The summed E-state index contributed by atoms with van der Waals surface area (Å²) in [6.45, 7) is 3.20. The zero-order chi connectivity index (χ0) is 13.3. The average Bonchev–Trinajstić information content (AvgIpc) is 2.73. The summed E-state index contributed by atoms with van der Waals surface area (Å²) in [5, 5.41) is 8.82. The number of carbonyl (C=O) groups is 2. The molecule has 1 aromatic carbocycles. The van der Waals surface area contributed by atoms with Crippen molar-refractivity contribution in [3.63, 3.8) is 0 Å². The lowest BCUT2D eigenvalue weighted by Crippen LogP contribution is -2.37. The molecule has 0 saturated carbocycles. The van der Waals surface area contributed by atoms with Gasteiger partial charge >= 0.3 is 5.97 Å². The molecule has 0 bridgehead atoms. The van der Waals surface area contributed by atoms with Gasteiger partial charge in [0.1, 0.15) is 0 Å². The quantitative estimate of drug-likeness (QED) is 0.838. The first-order valence-corrected chi connectivity index (χ1v) is 5.81. The highest BCUT2D eigenvalue weighted by molar-refractivity contribution is 5.88. The Labute approximate surface area is 105 Å². The summed E-state index contributed by atoms with van der Waals surface area (Å²) in [7, 11) is 0. The van der Waals surface area contributed by atoms with Gasteiger partial charge in [-0.25, -0.2) is 4.79 Å². The van der Waals surface area contributed by atoms with Crippen molar-refractivity contribution in [3.8, 4) is 0 Å². The summed E-state index contributed by atoms with van der Waals surface area (Å²) < 4.78 is 0. The molecule has 1 aromatic rings. The standard InChI is InChI=1S/C13H16N2O3/c1-13(12(14)18)6-7-15(8-13)10-4-2-9(3-5-10)11(16)17/h2-5H,6-8H2,1H3,(H2,14,18)(H,16,17). The van der Waals surface area contributed by atoms with Crippen LogP contribution < -0.4 is 10.6 Å². The Morgan fingerprint density at radius 3 is 2.39 bits per heavy atom. The molecule has 1 unspecified atom stereocenters. The van der Waals surface area contributed by atoms with E-state index in [4.69, 9.17) is 10.8 Å². The highest BCUT2D eigenvalue weighted by Crippen LogP contribution is 2.32. The number of carboxylic acids is 1. The monoisotopic (exact) mass is 248 g/mol. The fraction of sp³-hybridized carbons (Fsp3) is 0.385. The Hall–Kier alpha value is -2.04. The summed E-state index contributed by atoms with van der Waals surface area (Å²) in [5.41, 5.74) is 6.08. The minimum absolute atomic E-state index is 0.260. The molecule has 1 aliphatic heterocycles. The van der Waals surface area contributed by atoms with Crippen LogP contribution in [0.1, 0.15) is 23.7 Å². The summed E-state index contributed by atoms with van der Waals surface area (Å²) in [5.74, 6) is -1.22. The van der Waals surface area contributed by atoms with Crippen molar-refractivity contribution in [3.05, 3.63) is 29.8 Å². The van der Waals surface area contributed by atoms with Crippen LogP contribution in [-0.4, -0.2) is 30.1 Å². The Bertz CT molecular complexity index is 484. The molecule has 96 valence electrons. The molecule has 1 fully saturated rings. The molecule has 3 N–H and O–H groups in total. The first-order valence-electron chi connectivity index (χ1n) is 5.81. The number of benzene rings is 1. The van der Waals surface area contributed by atoms with E-state index >= 15 is 0 Å². The minimum atomic E-state index is -0.940. The molecule has 1 atom stereocenters. The number of nitrogens with zero attached hydrogens (tertiary/aromatic N) is 1. The number of hydrogen-bond acceptors (Lipinski definition) is 3. The molecule has 0 aliphatic carbocycles. The Kier molecular flexibility index (Phi) is 2.98. The average molecular weight is 248 g/mol. The topological polar surface area (TPSA) is 83.6 Å². The number of anilines is 1. The number of carboxylic acid groups (broad SMARTS) is 1. The summed E-state index contributed by atoms with van der Waals surface area (Å²) in [4.78, 5) is 24.2. The number of rotatable bonds is 3. The number of hydrogen-bond donors (Lipinski definition) is 2. The van der Waals surface area contributed by atoms with E-state index in [0.717, 1.165) is 18.7 Å². The van der Waals surface area contributed by atoms with Gasteiger partial charge in [-0.15, -0.1) is 0 Å². The molecule has 1 aliphatic rings. The third-order valence-electron chi connectivity index (χ3n) is 3.55. The third-order valence-corrected chi connectivity index (χ3v) is 3.55. The number of carbonyl (C=O) groups excluding carboxylic acids is 1. The van der Waals surface area contributed by atoms with E-state index in [9.17, 15) is 9.59 Å². The molecule has 0 radical (unpaired) electrons. The van der Waals surface area contributed by atoms with Crippen molar-refractivity contribution in [2.75, 3.05) is 18.0 Å². The second-order valence-electron chi connectivity index (χ2n) is 4.95. The summed E-state index contributed by atoms with van der Waals surface area (Å²) in [6.07, 6.45) is 0.725. The van der Waals surface area contributed by atoms with Crippen molar-refractivity contribution < 1.29 is 14.7 Å². The van der Waals surface area contributed by atoms with E-state index in [-0.39, 0.29) is 11.5 Å². The van der Waals surface area contributed by atoms with Crippen LogP contribution in [0.25, 0.3) is 0 Å². The van der Waals surface area contributed by atoms with Crippen LogP contribution in [0.2, 0.25) is 0 Å². The number of nitrogens with two attached hydrogens (primary N) is 1. The first-order chi connectivity index (χ1) is 8.42. The van der Waals surface area contributed by atoms with Crippen LogP contribution in [0.15, 0.2) is 24.3 Å². The lowest BCUT2D eigenvalue weighted by molar-refractivity contribution is -0.125. The van der Waals surface area contributed by atoms with Crippen molar-refractivity contribution in [2.24, 2.45) is 11.1 Å². The second kappa shape index (κ2) is 4.33. The maximum Gasteiger partial charge on any atom is 0.335 e. The Morgan fingerprint density at radius 2 is 1.94 bits per heavy atom. The minimum Gasteiger partial charge on any atom is -0.478 e. The van der Waals surface area contributed by atoms with E-state index in [0.29, 0.717) is 6.54 Å². The largest absolute Gasteiger partial charge is 0.478 e. The predicted octanol–water partition coefficient (Wildman–Crippen LogP) is 1.09. The second-order valence-corrected chi connectivity index (χ2v) is 4.95. The van der Waals surface area contributed by atoms with E-state index in [2.05, 4.69) is 4.90 Å². The SMILES string of the molecule is CC1(C(N)=O)CCN(c2ccc(C(=O)O)cc2)C1. The van der Waals surface area contributed by atoms with Gasteiger partial charge in [0.05, 0.1) is 11.0 Å². The van der Waals surface area contributed by atoms with Gasteiger partial charge in [-0.05, 0) is 37.6 Å². The van der Waals surface area contributed by atoms with Crippen molar-refractivity contribution in [2.45, 2.75) is 13.3 Å². The number of primary amides is 1. The van der Waals surface area contributed by atoms with Gasteiger partial charge in [0.15, 0.2) is 0 Å². The van der Waals surface area contributed by atoms with Gasteiger partial charge in [0.2, 0.25) is 5.91 Å². The van der Waals surface area contributed by atoms with Crippen LogP contribution >= 0.6 is 0 Å². The zero-order valence-corrected chi connectivity index (χ0v) is 10.2. The third kappa shape index (κ3) is 2.16. The lowest BCUT2D eigenvalue weighted by Gasteiger charge is -2.22. The van der Waals surface area contributed by atoms with Gasteiger partial charge in [-0.2, -0.15) is 0 Å². The van der Waals surface area contributed by atoms with Gasteiger partial charge in [-0.1, -0.05) is 0 Å². The first kappa shape index (κ1) is 12.4. The molecule has 0 aromatic heterocycles. The summed E-state index contributed by atoms with van der Waals surface area (Å²) >= 11 is 0. The predicted molar refractivity (Wildman–Crippen MR) is 67.5 cm³/mol.